The van der Waals surface area contributed by atoms with Gasteiger partial charge in [-0.1, -0.05) is 0 Å². The molecule has 0 saturated carbocycles. The maximum absolute atomic E-state index is 9.33. The van der Waals surface area contributed by atoms with Crippen LogP contribution in [0, 0.1) is 11.1 Å². The third-order valence-electron chi connectivity index (χ3n) is 0.130. The molecule has 2 N–H and O–H groups in total. The summed E-state index contributed by atoms with van der Waals surface area (Å²) in [6.45, 7) is 0. The second kappa shape index (κ2) is 3.62. The van der Waals surface area contributed by atoms with Gasteiger partial charge in [-0.2, -0.15) is 5.26 Å². The van der Waals surface area contributed by atoms with Gasteiger partial charge in [0.2, 0.25) is 0 Å². The molecule has 0 aliphatic rings. The monoisotopic (exact) mass is 131 g/mol. The molecule has 0 amide bonds. The molecule has 0 aliphatic carbocycles. The predicted molar refractivity (Wildman–Crippen MR) is 24.8 cm³/mol. The second-order valence-electron chi connectivity index (χ2n) is 0.644. The van der Waals surface area contributed by atoms with Crippen molar-refractivity contribution in [3.8, 4) is 5.81 Å². The Kier molecular flexibility index (Phi) is 5.47. The first-order chi connectivity index (χ1) is 2.56. The molecule has 0 aromatic rings. The first-order valence-corrected chi connectivity index (χ1v) is 2.64. The summed E-state index contributed by atoms with van der Waals surface area (Å²) >= 11 is 0. The van der Waals surface area contributed by atoms with Gasteiger partial charge in [0.1, 0.15) is 0 Å². The zero-order valence-corrected chi connectivity index (χ0v) is 3.59. The van der Waals surface area contributed by atoms with Crippen LogP contribution in [0.1, 0.15) is 0 Å². The molecule has 0 aromatic heterocycles. The van der Waals surface area contributed by atoms with Crippen molar-refractivity contribution < 1.29 is 14.4 Å². The van der Waals surface area contributed by atoms with Gasteiger partial charge in [-0.3, -0.25) is 0 Å². The van der Waals surface area contributed by atoms with Crippen LogP contribution in [0.5, 0.6) is 0 Å². The average Bonchev–Trinajstić information content (AvgIpc) is 1.35. The Balaban J connectivity index is 0. The van der Waals surface area contributed by atoms with Crippen molar-refractivity contribution in [2.24, 2.45) is 0 Å². The molecule has 0 heterocycles. The van der Waals surface area contributed by atoms with Crippen LogP contribution in [0.15, 0.2) is 0 Å². The minimum atomic E-state index is -4.34. The summed E-state index contributed by atoms with van der Waals surface area (Å²) in [4.78, 5) is 15.2. The Morgan fingerprint density at radius 1 is 1.57 bits per heavy atom. The van der Waals surface area contributed by atoms with E-state index >= 15 is 0 Å². The van der Waals surface area contributed by atoms with Gasteiger partial charge in [0.15, 0.2) is 5.81 Å². The van der Waals surface area contributed by atoms with E-state index in [9.17, 15) is 4.57 Å². The van der Waals surface area contributed by atoms with Crippen molar-refractivity contribution in [3.05, 3.63) is 0 Å². The predicted octanol–water partition coefficient (Wildman–Crippen LogP) is -1.00. The van der Waals surface area contributed by atoms with Crippen LogP contribution in [0.25, 0.3) is 0 Å². The van der Waals surface area contributed by atoms with Crippen molar-refractivity contribution in [3.63, 3.8) is 0 Å². The molecule has 0 atom stereocenters. The molecule has 7 heavy (non-hydrogen) atoms. The van der Waals surface area contributed by atoms with Crippen LogP contribution in [-0.4, -0.2) is 39.3 Å². The summed E-state index contributed by atoms with van der Waals surface area (Å²) in [5, 5.41) is 7.39. The zero-order valence-electron chi connectivity index (χ0n) is 2.70. The van der Waals surface area contributed by atoms with Crippen LogP contribution in [0.4, 0.5) is 0 Å². The molecule has 36 valence electrons. The van der Waals surface area contributed by atoms with Gasteiger partial charge >= 0.3 is 37.2 Å². The number of nitriles is 1. The van der Waals surface area contributed by atoms with Crippen LogP contribution in [0.3, 0.4) is 0 Å². The quantitative estimate of drug-likeness (QED) is 0.326. The third-order valence-corrected chi connectivity index (χ3v) is 0.391. The van der Waals surface area contributed by atoms with Crippen LogP contribution < -0.4 is 0 Å². The molecule has 0 aliphatic heterocycles. The molecule has 0 saturated heterocycles. The fourth-order valence-corrected chi connectivity index (χ4v) is 0. The molecule has 0 fully saturated rings. The van der Waals surface area contributed by atoms with Gasteiger partial charge in [-0.05, 0) is 0 Å². The van der Waals surface area contributed by atoms with E-state index in [0.29, 0.717) is 0 Å². The summed E-state index contributed by atoms with van der Waals surface area (Å²) in [6.07, 6.45) is 0. The van der Waals surface area contributed by atoms with E-state index in [2.05, 4.69) is 0 Å². The van der Waals surface area contributed by atoms with Crippen molar-refractivity contribution in [1.82, 2.24) is 0 Å². The Hall–Kier alpha value is 0.640. The number of rotatable bonds is 0. The van der Waals surface area contributed by atoms with E-state index in [1.54, 1.807) is 0 Å². The van der Waals surface area contributed by atoms with Crippen molar-refractivity contribution >= 4 is 37.2 Å². The number of hydrogen-bond acceptors (Lipinski definition) is 2. The summed E-state index contributed by atoms with van der Waals surface area (Å²) in [5.41, 5.74) is 0. The molecular weight excluding hydrogens is 128 g/mol. The number of nitrogens with zero attached hydrogens (tertiary/aromatic N) is 1. The van der Waals surface area contributed by atoms with Crippen molar-refractivity contribution in [2.75, 3.05) is 0 Å². The molecule has 0 bridgehead atoms. The SMILES string of the molecule is N#CP(=O)(O)O.[NaH]. The topological polar surface area (TPSA) is 81.3 Å². The van der Waals surface area contributed by atoms with Crippen molar-refractivity contribution in [2.45, 2.75) is 0 Å². The van der Waals surface area contributed by atoms with Gasteiger partial charge in [0, 0.05) is 0 Å². The molecule has 0 aromatic carbocycles. The average molecular weight is 131 g/mol. The van der Waals surface area contributed by atoms with Crippen LogP contribution >= 0.6 is 7.60 Å². The molecule has 4 nitrogen and oxygen atoms in total. The first kappa shape index (κ1) is 10.6. The van der Waals surface area contributed by atoms with E-state index in [1.807, 2.05) is 0 Å². The standard InChI is InChI=1S/CH2NO3P.Na.H/c2-1-6(3,4)5;;/h(H2,3,4,5);;. The second-order valence-corrected chi connectivity index (χ2v) is 1.93. The van der Waals surface area contributed by atoms with E-state index in [4.69, 9.17) is 15.0 Å². The van der Waals surface area contributed by atoms with Gasteiger partial charge in [0.25, 0.3) is 0 Å². The first-order valence-electron chi connectivity index (χ1n) is 1.03. The molecule has 0 rings (SSSR count). The Morgan fingerprint density at radius 3 is 1.71 bits per heavy atom. The van der Waals surface area contributed by atoms with E-state index in [-0.39, 0.29) is 29.6 Å². The summed E-state index contributed by atoms with van der Waals surface area (Å²) in [7, 11) is -4.34. The van der Waals surface area contributed by atoms with Gasteiger partial charge in [-0.15, -0.1) is 0 Å². The molecule has 0 radical (unpaired) electrons. The van der Waals surface area contributed by atoms with E-state index in [1.165, 1.54) is 0 Å². The van der Waals surface area contributed by atoms with E-state index < -0.39 is 7.60 Å². The third kappa shape index (κ3) is 10.8. The Labute approximate surface area is 62.6 Å². The fourth-order valence-electron chi connectivity index (χ4n) is 0. The fraction of sp³-hybridized carbons (Fsp3) is 0. The molecule has 0 spiro atoms. The van der Waals surface area contributed by atoms with Crippen LogP contribution in [-0.2, 0) is 4.57 Å². The summed E-state index contributed by atoms with van der Waals surface area (Å²) < 4.78 is 9.33. The van der Waals surface area contributed by atoms with Crippen molar-refractivity contribution in [1.29, 1.82) is 5.26 Å². The van der Waals surface area contributed by atoms with E-state index in [0.717, 1.165) is 5.81 Å². The zero-order chi connectivity index (χ0) is 5.21. The maximum atomic E-state index is 9.33. The van der Waals surface area contributed by atoms with Gasteiger partial charge in [0.05, 0.1) is 0 Å². The summed E-state index contributed by atoms with van der Waals surface area (Å²) in [5.74, 6) is 0.771. The van der Waals surface area contributed by atoms with Crippen LogP contribution in [0.2, 0.25) is 0 Å². The summed E-state index contributed by atoms with van der Waals surface area (Å²) in [6, 6.07) is 0. The van der Waals surface area contributed by atoms with Gasteiger partial charge < -0.3 is 9.79 Å². The molecule has 0 unspecified atom stereocenters. The Bertz CT molecular complexity index is 121. The normalized spacial score (nSPS) is 8.71. The Morgan fingerprint density at radius 2 is 1.71 bits per heavy atom. The number of hydrogen-bond donors (Lipinski definition) is 2. The molecular formula is CH3NNaO3P. The minimum absolute atomic E-state index is 0. The van der Waals surface area contributed by atoms with Gasteiger partial charge in [-0.25, -0.2) is 4.57 Å². The molecule has 6 heteroatoms.